The molecule has 0 aliphatic carbocycles. The van der Waals surface area contributed by atoms with Crippen LogP contribution in [-0.4, -0.2) is 31.5 Å². The second-order valence-corrected chi connectivity index (χ2v) is 5.10. The number of alkyl halides is 3. The number of rotatable bonds is 7. The number of carbonyl (C=O) groups is 1. The van der Waals surface area contributed by atoms with Crippen LogP contribution in [0.3, 0.4) is 0 Å². The lowest BCUT2D eigenvalue weighted by Gasteiger charge is -2.12. The monoisotopic (exact) mass is 472 g/mol. The topological polar surface area (TPSA) is 65.5 Å². The van der Waals surface area contributed by atoms with Crippen molar-refractivity contribution in [2.24, 2.45) is 4.99 Å². The molecule has 9 heteroatoms. The molecule has 0 aliphatic heterocycles. The van der Waals surface area contributed by atoms with Crippen LogP contribution < -0.4 is 16.0 Å². The van der Waals surface area contributed by atoms with E-state index in [1.165, 1.54) is 6.07 Å². The van der Waals surface area contributed by atoms with Gasteiger partial charge in [0.05, 0.1) is 18.7 Å². The Morgan fingerprint density at radius 3 is 2.48 bits per heavy atom. The van der Waals surface area contributed by atoms with Gasteiger partial charge in [-0.2, -0.15) is 13.2 Å². The number of nitrogens with one attached hydrogen (secondary N) is 3. The fourth-order valence-electron chi connectivity index (χ4n) is 1.85. The van der Waals surface area contributed by atoms with E-state index in [1.54, 1.807) is 6.07 Å². The van der Waals surface area contributed by atoms with E-state index in [9.17, 15) is 18.0 Å². The van der Waals surface area contributed by atoms with Crippen molar-refractivity contribution in [3.8, 4) is 0 Å². The Kier molecular flexibility index (Phi) is 11.2. The molecular formula is C16H24F3IN4O. The van der Waals surface area contributed by atoms with Crippen molar-refractivity contribution in [2.45, 2.75) is 33.0 Å². The predicted molar refractivity (Wildman–Crippen MR) is 103 cm³/mol. The van der Waals surface area contributed by atoms with E-state index >= 15 is 0 Å². The Morgan fingerprint density at radius 1 is 1.16 bits per heavy atom. The molecule has 0 unspecified atom stereocenters. The molecule has 142 valence electrons. The van der Waals surface area contributed by atoms with Gasteiger partial charge >= 0.3 is 6.18 Å². The zero-order valence-corrected chi connectivity index (χ0v) is 16.6. The highest BCUT2D eigenvalue weighted by atomic mass is 127. The summed E-state index contributed by atoms with van der Waals surface area (Å²) in [6.45, 7) is 5.11. The van der Waals surface area contributed by atoms with Crippen LogP contribution in [-0.2, 0) is 17.5 Å². The smallest absolute Gasteiger partial charge is 0.357 e. The minimum Gasteiger partial charge on any atom is -0.357 e. The number of aliphatic imine (C=N–C) groups is 1. The maximum atomic E-state index is 12.7. The highest BCUT2D eigenvalue weighted by Gasteiger charge is 2.30. The predicted octanol–water partition coefficient (Wildman–Crippen LogP) is 2.90. The molecule has 1 rings (SSSR count). The first-order chi connectivity index (χ1) is 11.4. The summed E-state index contributed by atoms with van der Waals surface area (Å²) >= 11 is 0. The van der Waals surface area contributed by atoms with Gasteiger partial charge in [0.25, 0.3) is 0 Å². The molecule has 0 fully saturated rings. The Bertz CT molecular complexity index is 565. The Hall–Kier alpha value is -1.52. The zero-order chi connectivity index (χ0) is 18.0. The molecule has 0 spiro atoms. The summed E-state index contributed by atoms with van der Waals surface area (Å²) in [4.78, 5) is 15.8. The highest BCUT2D eigenvalue weighted by Crippen LogP contribution is 2.29. The molecule has 0 saturated heterocycles. The van der Waals surface area contributed by atoms with Crippen molar-refractivity contribution in [1.29, 1.82) is 0 Å². The number of hydrogen-bond acceptors (Lipinski definition) is 2. The van der Waals surface area contributed by atoms with Gasteiger partial charge in [-0.15, -0.1) is 24.0 Å². The fraction of sp³-hybridized carbons (Fsp3) is 0.500. The molecular weight excluding hydrogens is 448 g/mol. The van der Waals surface area contributed by atoms with Crippen molar-refractivity contribution in [3.05, 3.63) is 35.4 Å². The van der Waals surface area contributed by atoms with Crippen molar-refractivity contribution in [1.82, 2.24) is 16.0 Å². The van der Waals surface area contributed by atoms with Gasteiger partial charge in [0.15, 0.2) is 5.96 Å². The summed E-state index contributed by atoms with van der Waals surface area (Å²) in [7, 11) is 0. The molecule has 0 saturated carbocycles. The SMILES string of the molecule is CCCNC(=O)CNC(=NCc1cccc(C(F)(F)F)c1)NCC.I. The van der Waals surface area contributed by atoms with Gasteiger partial charge in [0.2, 0.25) is 5.91 Å². The molecule has 1 aromatic rings. The van der Waals surface area contributed by atoms with Gasteiger partial charge in [0, 0.05) is 13.1 Å². The number of hydrogen-bond donors (Lipinski definition) is 3. The molecule has 0 radical (unpaired) electrons. The van der Waals surface area contributed by atoms with E-state index in [1.807, 2.05) is 13.8 Å². The number of guanidine groups is 1. The highest BCUT2D eigenvalue weighted by molar-refractivity contribution is 14.0. The van der Waals surface area contributed by atoms with Crippen LogP contribution in [0.25, 0.3) is 0 Å². The summed E-state index contributed by atoms with van der Waals surface area (Å²) in [5, 5.41) is 8.51. The number of nitrogens with zero attached hydrogens (tertiary/aromatic N) is 1. The minimum atomic E-state index is -4.38. The van der Waals surface area contributed by atoms with Crippen molar-refractivity contribution in [3.63, 3.8) is 0 Å². The quantitative estimate of drug-likeness (QED) is 0.325. The van der Waals surface area contributed by atoms with Gasteiger partial charge in [-0.3, -0.25) is 4.79 Å². The summed E-state index contributed by atoms with van der Waals surface area (Å²) < 4.78 is 38.1. The standard InChI is InChI=1S/C16H23F3N4O.HI/c1-3-8-21-14(24)11-23-15(20-4-2)22-10-12-6-5-7-13(9-12)16(17,18)19;/h5-7,9H,3-4,8,10-11H2,1-2H3,(H,21,24)(H2,20,22,23);1H. The van der Waals surface area contributed by atoms with Crippen LogP contribution in [0.1, 0.15) is 31.4 Å². The zero-order valence-electron chi connectivity index (χ0n) is 14.2. The normalized spacial score (nSPS) is 11.5. The van der Waals surface area contributed by atoms with Crippen LogP contribution in [0.4, 0.5) is 13.2 Å². The Balaban J connectivity index is 0.00000576. The summed E-state index contributed by atoms with van der Waals surface area (Å²) in [6.07, 6.45) is -3.53. The third-order valence-electron chi connectivity index (χ3n) is 3.01. The number of carbonyl (C=O) groups excluding carboxylic acids is 1. The fourth-order valence-corrected chi connectivity index (χ4v) is 1.85. The molecule has 3 N–H and O–H groups in total. The first-order valence-electron chi connectivity index (χ1n) is 7.81. The van der Waals surface area contributed by atoms with E-state index in [2.05, 4.69) is 20.9 Å². The van der Waals surface area contributed by atoms with E-state index in [-0.39, 0.29) is 43.0 Å². The maximum Gasteiger partial charge on any atom is 0.416 e. The molecule has 0 heterocycles. The van der Waals surface area contributed by atoms with Crippen LogP contribution in [0.5, 0.6) is 0 Å². The van der Waals surface area contributed by atoms with Crippen molar-refractivity contribution in [2.75, 3.05) is 19.6 Å². The molecule has 25 heavy (non-hydrogen) atoms. The first kappa shape index (κ1) is 23.5. The van der Waals surface area contributed by atoms with Gasteiger partial charge in [-0.25, -0.2) is 4.99 Å². The van der Waals surface area contributed by atoms with Crippen molar-refractivity contribution >= 4 is 35.8 Å². The van der Waals surface area contributed by atoms with E-state index in [4.69, 9.17) is 0 Å². The van der Waals surface area contributed by atoms with Gasteiger partial charge in [-0.1, -0.05) is 19.1 Å². The van der Waals surface area contributed by atoms with Gasteiger partial charge in [0.1, 0.15) is 0 Å². The van der Waals surface area contributed by atoms with Crippen LogP contribution in [0.2, 0.25) is 0 Å². The second kappa shape index (κ2) is 11.9. The third kappa shape index (κ3) is 9.51. The van der Waals surface area contributed by atoms with E-state index in [0.29, 0.717) is 24.6 Å². The van der Waals surface area contributed by atoms with E-state index < -0.39 is 11.7 Å². The first-order valence-corrected chi connectivity index (χ1v) is 7.81. The molecule has 0 bridgehead atoms. The Labute approximate surface area is 162 Å². The van der Waals surface area contributed by atoms with E-state index in [0.717, 1.165) is 18.6 Å². The largest absolute Gasteiger partial charge is 0.416 e. The lowest BCUT2D eigenvalue weighted by molar-refractivity contribution is -0.137. The molecule has 0 aliphatic rings. The van der Waals surface area contributed by atoms with Gasteiger partial charge in [-0.05, 0) is 31.0 Å². The number of benzene rings is 1. The average molecular weight is 472 g/mol. The lowest BCUT2D eigenvalue weighted by atomic mass is 10.1. The maximum absolute atomic E-state index is 12.7. The third-order valence-corrected chi connectivity index (χ3v) is 3.01. The molecule has 0 aromatic heterocycles. The Morgan fingerprint density at radius 2 is 1.88 bits per heavy atom. The summed E-state index contributed by atoms with van der Waals surface area (Å²) in [6, 6.07) is 5.03. The summed E-state index contributed by atoms with van der Waals surface area (Å²) in [5.41, 5.74) is -0.260. The molecule has 1 aromatic carbocycles. The molecule has 5 nitrogen and oxygen atoms in total. The molecule has 1 amide bonds. The number of amides is 1. The number of halogens is 4. The van der Waals surface area contributed by atoms with Crippen molar-refractivity contribution < 1.29 is 18.0 Å². The minimum absolute atomic E-state index is 0. The molecule has 0 atom stereocenters. The lowest BCUT2D eigenvalue weighted by Crippen LogP contribution is -2.43. The average Bonchev–Trinajstić information content (AvgIpc) is 2.55. The van der Waals surface area contributed by atoms with Crippen LogP contribution >= 0.6 is 24.0 Å². The van der Waals surface area contributed by atoms with Crippen LogP contribution in [0, 0.1) is 0 Å². The second-order valence-electron chi connectivity index (χ2n) is 5.10. The summed E-state index contributed by atoms with van der Waals surface area (Å²) in [5.74, 6) is 0.211. The van der Waals surface area contributed by atoms with Crippen LogP contribution in [0.15, 0.2) is 29.3 Å². The van der Waals surface area contributed by atoms with Gasteiger partial charge < -0.3 is 16.0 Å².